The van der Waals surface area contributed by atoms with Gasteiger partial charge in [0.25, 0.3) is 0 Å². The van der Waals surface area contributed by atoms with Crippen LogP contribution in [0.4, 0.5) is 0 Å². The van der Waals surface area contributed by atoms with Crippen LogP contribution >= 0.6 is 0 Å². The molecule has 0 unspecified atom stereocenters. The molecule has 0 amide bonds. The van der Waals surface area contributed by atoms with Gasteiger partial charge in [0, 0.05) is 31.9 Å². The molecule has 0 spiro atoms. The lowest BCUT2D eigenvalue weighted by Crippen LogP contribution is -2.35. The normalized spacial score (nSPS) is 12.0. The van der Waals surface area contributed by atoms with E-state index >= 15 is 0 Å². The van der Waals surface area contributed by atoms with E-state index in [-0.39, 0.29) is 5.54 Å². The van der Waals surface area contributed by atoms with E-state index in [1.54, 1.807) is 7.11 Å². The zero-order valence-electron chi connectivity index (χ0n) is 11.9. The fraction of sp³-hybridized carbons (Fsp3) is 0.769. The number of rotatable bonds is 8. The summed E-state index contributed by atoms with van der Waals surface area (Å²) in [4.78, 5) is 4.35. The summed E-state index contributed by atoms with van der Waals surface area (Å²) in [6, 6.07) is 0. The molecule has 0 saturated carbocycles. The summed E-state index contributed by atoms with van der Waals surface area (Å²) in [5, 5.41) is 3.41. The van der Waals surface area contributed by atoms with Crippen molar-refractivity contribution in [3.8, 4) is 0 Å². The summed E-state index contributed by atoms with van der Waals surface area (Å²) in [6.45, 7) is 10.0. The number of aromatic nitrogens is 2. The van der Waals surface area contributed by atoms with Crippen molar-refractivity contribution in [1.29, 1.82) is 0 Å². The van der Waals surface area contributed by atoms with Gasteiger partial charge in [-0.05, 0) is 20.8 Å². The zero-order chi connectivity index (χ0) is 13.4. The van der Waals surface area contributed by atoms with Crippen molar-refractivity contribution in [1.82, 2.24) is 14.9 Å². The van der Waals surface area contributed by atoms with Gasteiger partial charge in [0.15, 0.2) is 0 Å². The number of hydrogen-bond acceptors (Lipinski definition) is 4. The molecule has 1 heterocycles. The summed E-state index contributed by atoms with van der Waals surface area (Å²) in [5.74, 6) is 0. The van der Waals surface area contributed by atoms with Gasteiger partial charge in [-0.15, -0.1) is 0 Å². The van der Waals surface area contributed by atoms with Crippen LogP contribution < -0.4 is 5.32 Å². The van der Waals surface area contributed by atoms with E-state index in [1.807, 2.05) is 10.9 Å². The van der Waals surface area contributed by atoms with Crippen LogP contribution in [0.5, 0.6) is 0 Å². The van der Waals surface area contributed by atoms with Gasteiger partial charge >= 0.3 is 0 Å². The third-order valence-electron chi connectivity index (χ3n) is 2.41. The van der Waals surface area contributed by atoms with Crippen LogP contribution in [-0.4, -0.2) is 42.0 Å². The van der Waals surface area contributed by atoms with Gasteiger partial charge in [0.1, 0.15) is 0 Å². The predicted molar refractivity (Wildman–Crippen MR) is 71.5 cm³/mol. The molecule has 0 radical (unpaired) electrons. The number of hydrogen-bond donors (Lipinski definition) is 1. The third-order valence-corrected chi connectivity index (χ3v) is 2.41. The van der Waals surface area contributed by atoms with Crippen molar-refractivity contribution in [2.45, 2.75) is 39.4 Å². The largest absolute Gasteiger partial charge is 0.382 e. The first kappa shape index (κ1) is 15.1. The fourth-order valence-electron chi connectivity index (χ4n) is 1.39. The highest BCUT2D eigenvalue weighted by atomic mass is 16.5. The predicted octanol–water partition coefficient (Wildman–Crippen LogP) is 1.43. The molecule has 0 aliphatic heterocycles. The standard InChI is InChI=1S/C13H25N3O2/c1-13(2,3)15-9-12-10-16(11-14-12)5-6-18-8-7-17-4/h10-11,15H,5-9H2,1-4H3. The maximum absolute atomic E-state index is 5.41. The van der Waals surface area contributed by atoms with E-state index in [9.17, 15) is 0 Å². The second-order valence-corrected chi connectivity index (χ2v) is 5.31. The number of imidazole rings is 1. The van der Waals surface area contributed by atoms with Crippen LogP contribution in [0.3, 0.4) is 0 Å². The number of nitrogens with zero attached hydrogens (tertiary/aromatic N) is 2. The zero-order valence-corrected chi connectivity index (χ0v) is 11.9. The topological polar surface area (TPSA) is 48.3 Å². The minimum atomic E-state index is 0.118. The Hall–Kier alpha value is -0.910. The highest BCUT2D eigenvalue weighted by molar-refractivity contribution is 4.97. The van der Waals surface area contributed by atoms with Crippen LogP contribution in [0.25, 0.3) is 0 Å². The lowest BCUT2D eigenvalue weighted by Gasteiger charge is -2.19. The smallest absolute Gasteiger partial charge is 0.0950 e. The average Bonchev–Trinajstić information content (AvgIpc) is 2.73. The first-order chi connectivity index (χ1) is 8.51. The van der Waals surface area contributed by atoms with Crippen LogP contribution in [-0.2, 0) is 22.6 Å². The van der Waals surface area contributed by atoms with Gasteiger partial charge in [-0.25, -0.2) is 4.98 Å². The molecule has 1 aromatic rings. The first-order valence-electron chi connectivity index (χ1n) is 6.33. The van der Waals surface area contributed by atoms with Crippen molar-refractivity contribution < 1.29 is 9.47 Å². The van der Waals surface area contributed by atoms with Crippen molar-refractivity contribution in [3.63, 3.8) is 0 Å². The summed E-state index contributed by atoms with van der Waals surface area (Å²) in [6.07, 6.45) is 3.90. The van der Waals surface area contributed by atoms with E-state index in [0.717, 1.165) is 18.8 Å². The maximum Gasteiger partial charge on any atom is 0.0950 e. The third kappa shape index (κ3) is 6.74. The lowest BCUT2D eigenvalue weighted by atomic mass is 10.1. The van der Waals surface area contributed by atoms with E-state index in [1.165, 1.54) is 0 Å². The molecule has 104 valence electrons. The van der Waals surface area contributed by atoms with Gasteiger partial charge in [-0.3, -0.25) is 0 Å². The van der Waals surface area contributed by atoms with Crippen LogP contribution in [0.2, 0.25) is 0 Å². The molecule has 18 heavy (non-hydrogen) atoms. The fourth-order valence-corrected chi connectivity index (χ4v) is 1.39. The molecule has 0 saturated heterocycles. The van der Waals surface area contributed by atoms with Crippen LogP contribution in [0, 0.1) is 0 Å². The van der Waals surface area contributed by atoms with Crippen molar-refractivity contribution in [2.24, 2.45) is 0 Å². The molecule has 0 aromatic carbocycles. The lowest BCUT2D eigenvalue weighted by molar-refractivity contribution is 0.0666. The number of methoxy groups -OCH3 is 1. The van der Waals surface area contributed by atoms with Gasteiger partial charge < -0.3 is 19.4 Å². The maximum atomic E-state index is 5.41. The van der Waals surface area contributed by atoms with E-state index < -0.39 is 0 Å². The highest BCUT2D eigenvalue weighted by Gasteiger charge is 2.09. The Morgan fingerprint density at radius 1 is 1.28 bits per heavy atom. The molecule has 1 rings (SSSR count). The summed E-state index contributed by atoms with van der Waals surface area (Å²) < 4.78 is 12.4. The Labute approximate surface area is 109 Å². The van der Waals surface area contributed by atoms with Gasteiger partial charge in [0.05, 0.1) is 31.8 Å². The monoisotopic (exact) mass is 255 g/mol. The van der Waals surface area contributed by atoms with Gasteiger partial charge in [-0.1, -0.05) is 0 Å². The molecule has 1 aromatic heterocycles. The Morgan fingerprint density at radius 2 is 2.06 bits per heavy atom. The molecule has 1 N–H and O–H groups in total. The van der Waals surface area contributed by atoms with Crippen molar-refractivity contribution in [2.75, 3.05) is 26.9 Å². The second kappa shape index (κ2) is 7.51. The Bertz CT molecular complexity index is 331. The number of nitrogens with one attached hydrogen (secondary N) is 1. The average molecular weight is 255 g/mol. The minimum Gasteiger partial charge on any atom is -0.382 e. The minimum absolute atomic E-state index is 0.118. The quantitative estimate of drug-likeness (QED) is 0.714. The molecule has 0 bridgehead atoms. The van der Waals surface area contributed by atoms with E-state index in [2.05, 4.69) is 37.3 Å². The van der Waals surface area contributed by atoms with Crippen LogP contribution in [0.15, 0.2) is 12.5 Å². The molecule has 0 atom stereocenters. The molecule has 0 aliphatic carbocycles. The Balaban J connectivity index is 2.22. The van der Waals surface area contributed by atoms with Gasteiger partial charge in [0.2, 0.25) is 0 Å². The first-order valence-corrected chi connectivity index (χ1v) is 6.33. The van der Waals surface area contributed by atoms with Crippen molar-refractivity contribution in [3.05, 3.63) is 18.2 Å². The van der Waals surface area contributed by atoms with Crippen LogP contribution in [0.1, 0.15) is 26.5 Å². The Morgan fingerprint density at radius 3 is 2.72 bits per heavy atom. The molecule has 0 fully saturated rings. The summed E-state index contributed by atoms with van der Waals surface area (Å²) >= 11 is 0. The highest BCUT2D eigenvalue weighted by Crippen LogP contribution is 2.02. The molecule has 5 nitrogen and oxygen atoms in total. The Kier molecular flexibility index (Phi) is 6.32. The second-order valence-electron chi connectivity index (χ2n) is 5.31. The summed E-state index contributed by atoms with van der Waals surface area (Å²) in [7, 11) is 1.67. The molecule has 0 aliphatic rings. The SMILES string of the molecule is COCCOCCn1cnc(CNC(C)(C)C)c1. The van der Waals surface area contributed by atoms with Crippen molar-refractivity contribution >= 4 is 0 Å². The molecular weight excluding hydrogens is 230 g/mol. The molecule has 5 heteroatoms. The van der Waals surface area contributed by atoms with E-state index in [0.29, 0.717) is 19.8 Å². The van der Waals surface area contributed by atoms with E-state index in [4.69, 9.17) is 9.47 Å². The number of ether oxygens (including phenoxy) is 2. The van der Waals surface area contributed by atoms with Gasteiger partial charge in [-0.2, -0.15) is 0 Å². The molecular formula is C13H25N3O2. The summed E-state index contributed by atoms with van der Waals surface area (Å²) in [5.41, 5.74) is 1.18.